The molecule has 1 aromatic carbocycles. The summed E-state index contributed by atoms with van der Waals surface area (Å²) in [4.78, 5) is 19.6. The molecule has 0 unspecified atom stereocenters. The Labute approximate surface area is 126 Å². The van der Waals surface area contributed by atoms with Gasteiger partial charge in [-0.1, -0.05) is 41.7 Å². The third kappa shape index (κ3) is 2.80. The van der Waals surface area contributed by atoms with E-state index >= 15 is 0 Å². The average Bonchev–Trinajstić information content (AvgIpc) is 3.06. The van der Waals surface area contributed by atoms with Gasteiger partial charge in [-0.2, -0.15) is 5.10 Å². The molecule has 0 spiro atoms. The molecule has 0 radical (unpaired) electrons. The van der Waals surface area contributed by atoms with E-state index in [0.29, 0.717) is 12.2 Å². The molecule has 0 N–H and O–H groups in total. The number of amides is 1. The highest BCUT2D eigenvalue weighted by Gasteiger charge is 2.22. The maximum Gasteiger partial charge on any atom is 0.274 e. The van der Waals surface area contributed by atoms with Gasteiger partial charge in [-0.25, -0.2) is 9.50 Å². The van der Waals surface area contributed by atoms with E-state index < -0.39 is 0 Å². The zero-order valence-electron chi connectivity index (χ0n) is 11.9. The molecule has 0 aliphatic rings. The molecule has 1 amide bonds. The van der Waals surface area contributed by atoms with Crippen LogP contribution < -0.4 is 0 Å². The molecule has 3 rings (SSSR count). The Morgan fingerprint density at radius 3 is 2.76 bits per heavy atom. The van der Waals surface area contributed by atoms with Crippen LogP contribution in [0.5, 0.6) is 0 Å². The van der Waals surface area contributed by atoms with Gasteiger partial charge in [0.05, 0.1) is 6.20 Å². The van der Waals surface area contributed by atoms with Crippen LogP contribution in [0.15, 0.2) is 42.0 Å². The van der Waals surface area contributed by atoms with Crippen molar-refractivity contribution in [3.63, 3.8) is 0 Å². The highest BCUT2D eigenvalue weighted by atomic mass is 32.1. The maximum atomic E-state index is 12.7. The fraction of sp³-hybridized carbons (Fsp3) is 0.267. The lowest BCUT2D eigenvalue weighted by Crippen LogP contribution is -2.36. The SMILES string of the molecule is CC(C)N(Cc1ccccc1)C(=O)c1cn2ncsc2n1. The number of aromatic nitrogens is 3. The van der Waals surface area contributed by atoms with Crippen LogP contribution in [0.4, 0.5) is 0 Å². The van der Waals surface area contributed by atoms with Crippen LogP contribution in [-0.4, -0.2) is 31.4 Å². The Morgan fingerprint density at radius 1 is 1.33 bits per heavy atom. The minimum Gasteiger partial charge on any atom is -0.331 e. The van der Waals surface area contributed by atoms with Gasteiger partial charge in [-0.15, -0.1) is 0 Å². The zero-order chi connectivity index (χ0) is 14.8. The van der Waals surface area contributed by atoms with Gasteiger partial charge < -0.3 is 4.90 Å². The number of hydrogen-bond donors (Lipinski definition) is 0. The highest BCUT2D eigenvalue weighted by molar-refractivity contribution is 7.14. The van der Waals surface area contributed by atoms with Crippen LogP contribution >= 0.6 is 11.3 Å². The Kier molecular flexibility index (Phi) is 3.70. The largest absolute Gasteiger partial charge is 0.331 e. The molecule has 21 heavy (non-hydrogen) atoms. The van der Waals surface area contributed by atoms with Crippen molar-refractivity contribution >= 4 is 22.2 Å². The summed E-state index contributed by atoms with van der Waals surface area (Å²) in [7, 11) is 0. The van der Waals surface area contributed by atoms with Gasteiger partial charge in [0.15, 0.2) is 0 Å². The first-order valence-corrected chi connectivity index (χ1v) is 7.67. The molecule has 2 heterocycles. The summed E-state index contributed by atoms with van der Waals surface area (Å²) < 4.78 is 1.64. The molecule has 0 bridgehead atoms. The van der Waals surface area contributed by atoms with Crippen molar-refractivity contribution in [3.8, 4) is 0 Å². The minimum atomic E-state index is -0.0634. The van der Waals surface area contributed by atoms with Crippen molar-refractivity contribution in [1.29, 1.82) is 0 Å². The van der Waals surface area contributed by atoms with Gasteiger partial charge >= 0.3 is 0 Å². The molecule has 2 aromatic heterocycles. The predicted molar refractivity (Wildman–Crippen MR) is 82.3 cm³/mol. The number of nitrogens with zero attached hydrogens (tertiary/aromatic N) is 4. The van der Waals surface area contributed by atoms with Crippen LogP contribution in [0.1, 0.15) is 29.9 Å². The molecule has 0 aliphatic carbocycles. The van der Waals surface area contributed by atoms with Crippen LogP contribution in [0.25, 0.3) is 4.96 Å². The number of imidazole rings is 1. The minimum absolute atomic E-state index is 0.0634. The van der Waals surface area contributed by atoms with E-state index in [1.54, 1.807) is 16.2 Å². The van der Waals surface area contributed by atoms with E-state index in [-0.39, 0.29) is 11.9 Å². The maximum absolute atomic E-state index is 12.7. The number of fused-ring (bicyclic) bond motifs is 1. The van der Waals surface area contributed by atoms with E-state index in [9.17, 15) is 4.79 Å². The molecule has 0 aliphatic heterocycles. The first-order valence-electron chi connectivity index (χ1n) is 6.79. The summed E-state index contributed by atoms with van der Waals surface area (Å²) in [5, 5.41) is 4.11. The van der Waals surface area contributed by atoms with Gasteiger partial charge in [-0.3, -0.25) is 4.79 Å². The molecule has 0 saturated heterocycles. The van der Waals surface area contributed by atoms with Crippen molar-refractivity contribution in [1.82, 2.24) is 19.5 Å². The van der Waals surface area contributed by atoms with E-state index in [2.05, 4.69) is 10.1 Å². The lowest BCUT2D eigenvalue weighted by molar-refractivity contribution is 0.0685. The van der Waals surface area contributed by atoms with Gasteiger partial charge in [0.25, 0.3) is 5.91 Å². The third-order valence-corrected chi connectivity index (χ3v) is 3.97. The topological polar surface area (TPSA) is 50.5 Å². The summed E-state index contributed by atoms with van der Waals surface area (Å²) in [5.41, 5.74) is 3.26. The second-order valence-electron chi connectivity index (χ2n) is 5.10. The summed E-state index contributed by atoms with van der Waals surface area (Å²) in [6.07, 6.45) is 1.69. The average molecular weight is 300 g/mol. The third-order valence-electron chi connectivity index (χ3n) is 3.29. The van der Waals surface area contributed by atoms with Crippen molar-refractivity contribution in [2.45, 2.75) is 26.4 Å². The first-order chi connectivity index (χ1) is 10.1. The van der Waals surface area contributed by atoms with Crippen LogP contribution in [-0.2, 0) is 6.54 Å². The van der Waals surface area contributed by atoms with Crippen molar-refractivity contribution in [2.24, 2.45) is 0 Å². The summed E-state index contributed by atoms with van der Waals surface area (Å²) >= 11 is 1.42. The van der Waals surface area contributed by atoms with Gasteiger partial charge in [0.1, 0.15) is 11.2 Å². The molecule has 108 valence electrons. The number of carbonyl (C=O) groups excluding carboxylic acids is 1. The molecule has 0 atom stereocenters. The molecule has 5 nitrogen and oxygen atoms in total. The van der Waals surface area contributed by atoms with Crippen molar-refractivity contribution < 1.29 is 4.79 Å². The lowest BCUT2D eigenvalue weighted by Gasteiger charge is -2.26. The van der Waals surface area contributed by atoms with E-state index in [1.807, 2.05) is 49.1 Å². The van der Waals surface area contributed by atoms with Crippen LogP contribution in [0.2, 0.25) is 0 Å². The number of carbonyl (C=O) groups is 1. The standard InChI is InChI=1S/C15H16N4OS/c1-11(2)18(8-12-6-4-3-5-7-12)14(20)13-9-19-15(17-13)21-10-16-19/h3-7,9-11H,8H2,1-2H3. The van der Waals surface area contributed by atoms with Crippen LogP contribution in [0, 0.1) is 0 Å². The summed E-state index contributed by atoms with van der Waals surface area (Å²) in [6.45, 7) is 4.60. The lowest BCUT2D eigenvalue weighted by atomic mass is 10.2. The molecule has 3 aromatic rings. The van der Waals surface area contributed by atoms with Gasteiger partial charge in [0, 0.05) is 12.6 Å². The van der Waals surface area contributed by atoms with Crippen molar-refractivity contribution in [2.75, 3.05) is 0 Å². The van der Waals surface area contributed by atoms with Crippen molar-refractivity contribution in [3.05, 3.63) is 53.3 Å². The van der Waals surface area contributed by atoms with E-state index in [4.69, 9.17) is 0 Å². The quantitative estimate of drug-likeness (QED) is 0.744. The summed E-state index contributed by atoms with van der Waals surface area (Å²) in [6, 6.07) is 10.1. The monoisotopic (exact) mass is 300 g/mol. The first kappa shape index (κ1) is 13.8. The fourth-order valence-electron chi connectivity index (χ4n) is 2.16. The normalized spacial score (nSPS) is 11.2. The molecule has 6 heteroatoms. The zero-order valence-corrected chi connectivity index (χ0v) is 12.7. The van der Waals surface area contributed by atoms with Gasteiger partial charge in [0.2, 0.25) is 4.96 Å². The smallest absolute Gasteiger partial charge is 0.274 e. The predicted octanol–water partition coefficient (Wildman–Crippen LogP) is 2.84. The van der Waals surface area contributed by atoms with E-state index in [0.717, 1.165) is 10.5 Å². The Hall–Kier alpha value is -2.21. The van der Waals surface area contributed by atoms with Gasteiger partial charge in [-0.05, 0) is 19.4 Å². The number of rotatable bonds is 4. The molecular formula is C15H16N4OS. The molecule has 0 saturated carbocycles. The Bertz CT molecular complexity index is 719. The summed E-state index contributed by atoms with van der Waals surface area (Å²) in [5.74, 6) is -0.0634. The van der Waals surface area contributed by atoms with Crippen LogP contribution in [0.3, 0.4) is 0 Å². The Balaban J connectivity index is 1.86. The second kappa shape index (κ2) is 5.65. The second-order valence-corrected chi connectivity index (χ2v) is 5.92. The van der Waals surface area contributed by atoms with E-state index in [1.165, 1.54) is 11.3 Å². The fourth-order valence-corrected chi connectivity index (χ4v) is 2.76. The Morgan fingerprint density at radius 2 is 2.10 bits per heavy atom. The highest BCUT2D eigenvalue weighted by Crippen LogP contribution is 2.15. The number of hydrogen-bond acceptors (Lipinski definition) is 4. The molecular weight excluding hydrogens is 284 g/mol. The molecule has 0 fully saturated rings. The number of benzene rings is 1.